The molecule has 2 rings (SSSR count). The summed E-state index contributed by atoms with van der Waals surface area (Å²) >= 11 is 0. The quantitative estimate of drug-likeness (QED) is 0.816. The van der Waals surface area contributed by atoms with Crippen LogP contribution in [0.4, 0.5) is 0 Å². The Balaban J connectivity index is 2.03. The van der Waals surface area contributed by atoms with Gasteiger partial charge in [-0.1, -0.05) is 0 Å². The van der Waals surface area contributed by atoms with Crippen molar-refractivity contribution in [2.24, 2.45) is 0 Å². The number of rotatable bonds is 3. The average molecular weight is 223 g/mol. The van der Waals surface area contributed by atoms with Crippen LogP contribution in [0.15, 0.2) is 18.2 Å². The molecule has 4 heteroatoms. The van der Waals surface area contributed by atoms with Gasteiger partial charge in [0.1, 0.15) is 11.9 Å². The van der Waals surface area contributed by atoms with Gasteiger partial charge in [-0.3, -0.25) is 0 Å². The molecule has 1 aromatic rings. The number of phenolic OH excluding ortho intramolecular Hbond substituents is 1. The summed E-state index contributed by atoms with van der Waals surface area (Å²) < 4.78 is 10.8. The van der Waals surface area contributed by atoms with Crippen molar-refractivity contribution >= 4 is 0 Å². The van der Waals surface area contributed by atoms with E-state index in [1.165, 1.54) is 0 Å². The van der Waals surface area contributed by atoms with Crippen LogP contribution in [-0.2, 0) is 0 Å². The van der Waals surface area contributed by atoms with Gasteiger partial charge in [0, 0.05) is 6.07 Å². The van der Waals surface area contributed by atoms with Gasteiger partial charge >= 0.3 is 0 Å². The topological polar surface area (TPSA) is 50.7 Å². The number of hydrogen-bond donors (Lipinski definition) is 2. The number of ether oxygens (including phenoxy) is 2. The molecule has 0 amide bonds. The van der Waals surface area contributed by atoms with E-state index in [9.17, 15) is 5.11 Å². The maximum atomic E-state index is 9.73. The third kappa shape index (κ3) is 2.58. The highest BCUT2D eigenvalue weighted by Crippen LogP contribution is 2.31. The molecule has 1 saturated heterocycles. The first-order valence-electron chi connectivity index (χ1n) is 5.54. The van der Waals surface area contributed by atoms with Crippen LogP contribution >= 0.6 is 0 Å². The van der Waals surface area contributed by atoms with Gasteiger partial charge in [-0.25, -0.2) is 0 Å². The lowest BCUT2D eigenvalue weighted by molar-refractivity contribution is 0.157. The second kappa shape index (κ2) is 5.07. The van der Waals surface area contributed by atoms with Crippen molar-refractivity contribution in [1.82, 2.24) is 5.32 Å². The molecule has 1 aliphatic rings. The lowest BCUT2D eigenvalue weighted by atomic mass is 10.1. The van der Waals surface area contributed by atoms with Crippen LogP contribution in [0.2, 0.25) is 0 Å². The monoisotopic (exact) mass is 223 g/mol. The van der Waals surface area contributed by atoms with Crippen molar-refractivity contribution in [3.63, 3.8) is 0 Å². The highest BCUT2D eigenvalue weighted by Gasteiger charge is 2.16. The van der Waals surface area contributed by atoms with Gasteiger partial charge < -0.3 is 19.9 Å². The molecule has 0 aromatic heterocycles. The maximum Gasteiger partial charge on any atom is 0.161 e. The fourth-order valence-corrected chi connectivity index (χ4v) is 1.82. The number of hydrogen-bond acceptors (Lipinski definition) is 4. The van der Waals surface area contributed by atoms with Crippen molar-refractivity contribution in [2.75, 3.05) is 20.2 Å². The second-order valence-electron chi connectivity index (χ2n) is 3.90. The summed E-state index contributed by atoms with van der Waals surface area (Å²) in [5.41, 5.74) is 0. The van der Waals surface area contributed by atoms with E-state index in [0.29, 0.717) is 11.5 Å². The first kappa shape index (κ1) is 11.1. The summed E-state index contributed by atoms with van der Waals surface area (Å²) in [4.78, 5) is 0. The molecule has 0 radical (unpaired) electrons. The minimum atomic E-state index is 0.137. The second-order valence-corrected chi connectivity index (χ2v) is 3.90. The number of nitrogens with one attached hydrogen (secondary N) is 1. The normalized spacial score (nSPS) is 17.1. The van der Waals surface area contributed by atoms with Gasteiger partial charge in [0.25, 0.3) is 0 Å². The Hall–Kier alpha value is -1.42. The molecule has 1 aromatic carbocycles. The number of benzene rings is 1. The molecule has 2 N–H and O–H groups in total. The minimum absolute atomic E-state index is 0.137. The molecule has 0 unspecified atom stereocenters. The molecule has 16 heavy (non-hydrogen) atoms. The third-order valence-corrected chi connectivity index (χ3v) is 2.75. The molecule has 4 nitrogen and oxygen atoms in total. The van der Waals surface area contributed by atoms with Gasteiger partial charge in [0.2, 0.25) is 0 Å². The van der Waals surface area contributed by atoms with Crippen molar-refractivity contribution in [3.8, 4) is 17.2 Å². The highest BCUT2D eigenvalue weighted by molar-refractivity contribution is 5.44. The fraction of sp³-hybridized carbons (Fsp3) is 0.500. The van der Waals surface area contributed by atoms with E-state index in [-0.39, 0.29) is 11.9 Å². The van der Waals surface area contributed by atoms with E-state index in [2.05, 4.69) is 5.32 Å². The maximum absolute atomic E-state index is 9.73. The van der Waals surface area contributed by atoms with Crippen LogP contribution in [0, 0.1) is 0 Å². The summed E-state index contributed by atoms with van der Waals surface area (Å²) in [6.45, 7) is 1.95. The highest BCUT2D eigenvalue weighted by atomic mass is 16.5. The SMILES string of the molecule is COc1ccc(OC2CCNCC2)c(O)c1. The van der Waals surface area contributed by atoms with Crippen LogP contribution in [-0.4, -0.2) is 31.4 Å². The molecular weight excluding hydrogens is 206 g/mol. The molecule has 1 heterocycles. The van der Waals surface area contributed by atoms with E-state index in [1.807, 2.05) is 0 Å². The number of aromatic hydroxyl groups is 1. The summed E-state index contributed by atoms with van der Waals surface area (Å²) in [7, 11) is 1.57. The molecule has 0 saturated carbocycles. The molecule has 1 fully saturated rings. The van der Waals surface area contributed by atoms with Crippen molar-refractivity contribution in [1.29, 1.82) is 0 Å². The Bertz CT molecular complexity index is 348. The zero-order valence-corrected chi connectivity index (χ0v) is 9.40. The van der Waals surface area contributed by atoms with E-state index in [4.69, 9.17) is 9.47 Å². The van der Waals surface area contributed by atoms with Gasteiger partial charge in [0.05, 0.1) is 7.11 Å². The van der Waals surface area contributed by atoms with Crippen molar-refractivity contribution in [3.05, 3.63) is 18.2 Å². The first-order chi connectivity index (χ1) is 7.79. The van der Waals surface area contributed by atoms with Gasteiger partial charge in [-0.15, -0.1) is 0 Å². The molecule has 0 bridgehead atoms. The molecule has 1 aliphatic heterocycles. The minimum Gasteiger partial charge on any atom is -0.504 e. The van der Waals surface area contributed by atoms with Crippen LogP contribution in [0.3, 0.4) is 0 Å². The van der Waals surface area contributed by atoms with Crippen LogP contribution in [0.25, 0.3) is 0 Å². The largest absolute Gasteiger partial charge is 0.504 e. The Kier molecular flexibility index (Phi) is 3.51. The van der Waals surface area contributed by atoms with E-state index in [0.717, 1.165) is 25.9 Å². The van der Waals surface area contributed by atoms with Crippen molar-refractivity contribution < 1.29 is 14.6 Å². The third-order valence-electron chi connectivity index (χ3n) is 2.75. The standard InChI is InChI=1S/C12H17NO3/c1-15-10-2-3-12(11(14)8-10)16-9-4-6-13-7-5-9/h2-3,8-9,13-14H,4-7H2,1H3. The van der Waals surface area contributed by atoms with Gasteiger partial charge in [-0.2, -0.15) is 0 Å². The lowest BCUT2D eigenvalue weighted by Crippen LogP contribution is -2.34. The van der Waals surface area contributed by atoms with E-state index in [1.54, 1.807) is 25.3 Å². The zero-order chi connectivity index (χ0) is 11.4. The molecule has 0 aliphatic carbocycles. The summed E-state index contributed by atoms with van der Waals surface area (Å²) in [5.74, 6) is 1.31. The van der Waals surface area contributed by atoms with Crippen molar-refractivity contribution in [2.45, 2.75) is 18.9 Å². The molecule has 0 spiro atoms. The summed E-state index contributed by atoms with van der Waals surface area (Å²) in [6, 6.07) is 5.10. The average Bonchev–Trinajstić information content (AvgIpc) is 2.33. The van der Waals surface area contributed by atoms with E-state index < -0.39 is 0 Å². The fourth-order valence-electron chi connectivity index (χ4n) is 1.82. The van der Waals surface area contributed by atoms with Crippen LogP contribution < -0.4 is 14.8 Å². The number of methoxy groups -OCH3 is 1. The molecule has 0 atom stereocenters. The Morgan fingerprint density at radius 3 is 2.69 bits per heavy atom. The number of phenols is 1. The first-order valence-corrected chi connectivity index (χ1v) is 5.54. The summed E-state index contributed by atoms with van der Waals surface area (Å²) in [5, 5.41) is 13.0. The molecule has 88 valence electrons. The predicted octanol–water partition coefficient (Wildman–Crippen LogP) is 1.53. The Labute approximate surface area is 95.2 Å². The molecular formula is C12H17NO3. The predicted molar refractivity (Wildman–Crippen MR) is 61.2 cm³/mol. The van der Waals surface area contributed by atoms with E-state index >= 15 is 0 Å². The van der Waals surface area contributed by atoms with Gasteiger partial charge in [-0.05, 0) is 38.1 Å². The number of piperidine rings is 1. The lowest BCUT2D eigenvalue weighted by Gasteiger charge is -2.24. The van der Waals surface area contributed by atoms with Crippen LogP contribution in [0.1, 0.15) is 12.8 Å². The zero-order valence-electron chi connectivity index (χ0n) is 9.40. The van der Waals surface area contributed by atoms with Gasteiger partial charge in [0.15, 0.2) is 11.5 Å². The Morgan fingerprint density at radius 1 is 1.31 bits per heavy atom. The Morgan fingerprint density at radius 2 is 2.06 bits per heavy atom. The smallest absolute Gasteiger partial charge is 0.161 e. The van der Waals surface area contributed by atoms with Crippen LogP contribution in [0.5, 0.6) is 17.2 Å². The summed E-state index contributed by atoms with van der Waals surface area (Å²) in [6.07, 6.45) is 2.15.